The molecule has 0 aromatic heterocycles. The Morgan fingerprint density at radius 2 is 0.682 bits per heavy atom. The molecule has 0 aliphatic rings. The highest BCUT2D eigenvalue weighted by atomic mass is 32.2. The first-order valence-electron chi connectivity index (χ1n) is 17.0. The monoisotopic (exact) mass is 641 g/mol. The molecule has 44 heavy (non-hydrogen) atoms. The van der Waals surface area contributed by atoms with E-state index in [4.69, 9.17) is 4.74 Å². The van der Waals surface area contributed by atoms with Crippen LogP contribution >= 0.6 is 11.8 Å². The predicted octanol–water partition coefficient (Wildman–Crippen LogP) is 16.9. The maximum absolute atomic E-state index is 4.91. The van der Waals surface area contributed by atoms with Crippen LogP contribution in [0.3, 0.4) is 0 Å². The van der Waals surface area contributed by atoms with Crippen LogP contribution in [0.5, 0.6) is 5.75 Å². The van der Waals surface area contributed by atoms with E-state index in [1.807, 2.05) is 179 Å². The fourth-order valence-corrected chi connectivity index (χ4v) is 2.26. The Morgan fingerprint density at radius 1 is 0.432 bits per heavy atom. The van der Waals surface area contributed by atoms with Crippen LogP contribution in [-0.4, -0.2) is 13.4 Å². The lowest BCUT2D eigenvalue weighted by molar-refractivity contribution is 0.415. The smallest absolute Gasteiger partial charge is 0.118 e. The summed E-state index contributed by atoms with van der Waals surface area (Å²) < 4.78 is 4.91. The number of ether oxygens (including phenoxy) is 1. The van der Waals surface area contributed by atoms with Gasteiger partial charge in [0.2, 0.25) is 0 Å². The molecule has 0 radical (unpaired) electrons. The van der Waals surface area contributed by atoms with Crippen molar-refractivity contribution in [2.24, 2.45) is 0 Å². The Bertz CT molecular complexity index is 532. The van der Waals surface area contributed by atoms with Gasteiger partial charge in [0.05, 0.1) is 7.11 Å². The van der Waals surface area contributed by atoms with Crippen molar-refractivity contribution in [3.63, 3.8) is 0 Å². The number of para-hydroxylation sites is 1. The second kappa shape index (κ2) is 105. The Labute approximate surface area is 289 Å². The fourth-order valence-electron chi connectivity index (χ4n) is 1.83. The summed E-state index contributed by atoms with van der Waals surface area (Å²) in [5.74, 6) is 0.910. The molecule has 3 rings (SSSR count). The van der Waals surface area contributed by atoms with E-state index >= 15 is 0 Å². The second-order valence-corrected chi connectivity index (χ2v) is 5.75. The Balaban J connectivity index is -0.0000000323. The average Bonchev–Trinajstić information content (AvgIpc) is 3.17. The molecule has 0 spiro atoms. The van der Waals surface area contributed by atoms with Crippen molar-refractivity contribution in [3.05, 3.63) is 96.6 Å². The van der Waals surface area contributed by atoms with E-state index in [9.17, 15) is 0 Å². The summed E-state index contributed by atoms with van der Waals surface area (Å²) in [6.45, 7) is 38.2. The topological polar surface area (TPSA) is 9.23 Å². The van der Waals surface area contributed by atoms with Crippen LogP contribution in [0.15, 0.2) is 95.9 Å². The van der Waals surface area contributed by atoms with Crippen molar-refractivity contribution in [3.8, 4) is 5.75 Å². The number of benzene rings is 3. The van der Waals surface area contributed by atoms with Crippen molar-refractivity contribution in [1.29, 1.82) is 0 Å². The van der Waals surface area contributed by atoms with E-state index < -0.39 is 0 Å². The molecule has 0 unspecified atom stereocenters. The summed E-state index contributed by atoms with van der Waals surface area (Å²) in [7, 11) is 1.66. The van der Waals surface area contributed by atoms with Gasteiger partial charge in [-0.05, 0) is 42.5 Å². The lowest BCUT2D eigenvalue weighted by atomic mass is 10.2. The zero-order valence-electron chi connectivity index (χ0n) is 32.7. The summed E-state index contributed by atoms with van der Waals surface area (Å²) in [5.41, 5.74) is 1.41. The van der Waals surface area contributed by atoms with Gasteiger partial charge in [-0.3, -0.25) is 0 Å². The third-order valence-electron chi connectivity index (χ3n) is 3.21. The second-order valence-electron chi connectivity index (χ2n) is 4.87. The zero-order valence-corrected chi connectivity index (χ0v) is 33.5. The van der Waals surface area contributed by atoms with Gasteiger partial charge in [0.1, 0.15) is 5.75 Å². The van der Waals surface area contributed by atoms with Crippen LogP contribution in [0.2, 0.25) is 0 Å². The Hall–Kier alpha value is -2.19. The van der Waals surface area contributed by atoms with Gasteiger partial charge in [-0.15, -0.1) is 11.8 Å². The summed E-state index contributed by atoms with van der Waals surface area (Å²) >= 11 is 1.77. The predicted molar refractivity (Wildman–Crippen MR) is 223 cm³/mol. The van der Waals surface area contributed by atoms with E-state index in [2.05, 4.69) is 49.6 Å². The molecule has 3 aromatic carbocycles. The third-order valence-corrected chi connectivity index (χ3v) is 3.95. The molecular weight excluding hydrogens is 553 g/mol. The van der Waals surface area contributed by atoms with Crippen molar-refractivity contribution >= 4 is 11.8 Å². The number of hydrogen-bond acceptors (Lipinski definition) is 2. The van der Waals surface area contributed by atoms with Gasteiger partial charge >= 0.3 is 0 Å². The number of rotatable bonds is 3. The maximum atomic E-state index is 4.91. The highest BCUT2D eigenvalue weighted by Crippen LogP contribution is 2.11. The fraction of sp³-hybridized carbons (Fsp3) is 0.571. The summed E-state index contributed by atoms with van der Waals surface area (Å²) in [5, 5.41) is 0. The van der Waals surface area contributed by atoms with E-state index in [1.165, 1.54) is 10.5 Å². The molecule has 1 nitrogen and oxygen atoms in total. The van der Waals surface area contributed by atoms with Gasteiger partial charge in [0.15, 0.2) is 0 Å². The minimum Gasteiger partial charge on any atom is -0.497 e. The quantitative estimate of drug-likeness (QED) is 0.263. The van der Waals surface area contributed by atoms with Gasteiger partial charge in [-0.2, -0.15) is 0 Å². The molecule has 0 bridgehead atoms. The summed E-state index contributed by atoms with van der Waals surface area (Å²) in [6, 6.07) is 30.5. The molecule has 3 aromatic rings. The third kappa shape index (κ3) is 77.5. The van der Waals surface area contributed by atoms with Crippen molar-refractivity contribution in [2.45, 2.75) is 158 Å². The normalized spacial score (nSPS) is 6.11. The Kier molecular flexibility index (Phi) is 175. The lowest BCUT2D eigenvalue weighted by Crippen LogP contribution is -1.78. The zero-order chi connectivity index (χ0) is 35.5. The van der Waals surface area contributed by atoms with Crippen LogP contribution in [-0.2, 0) is 6.42 Å². The van der Waals surface area contributed by atoms with Crippen LogP contribution in [0, 0.1) is 0 Å². The van der Waals surface area contributed by atoms with Crippen LogP contribution < -0.4 is 4.74 Å². The minimum atomic E-state index is 0. The summed E-state index contributed by atoms with van der Waals surface area (Å²) in [4.78, 5) is 1.33. The molecule has 0 aliphatic carbocycles. The highest BCUT2D eigenvalue weighted by Gasteiger charge is 1.81. The molecule has 2 heteroatoms. The largest absolute Gasteiger partial charge is 0.497 e. The first-order chi connectivity index (χ1) is 20.8. The summed E-state index contributed by atoms with van der Waals surface area (Å²) in [6.07, 6.45) is 3.22. The van der Waals surface area contributed by atoms with E-state index in [1.54, 1.807) is 18.9 Å². The van der Waals surface area contributed by atoms with Gasteiger partial charge < -0.3 is 4.74 Å². The first-order valence-corrected chi connectivity index (χ1v) is 18.2. The lowest BCUT2D eigenvalue weighted by Gasteiger charge is -1.93. The van der Waals surface area contributed by atoms with Gasteiger partial charge in [0.25, 0.3) is 0 Å². The van der Waals surface area contributed by atoms with Gasteiger partial charge in [0, 0.05) is 4.90 Å². The number of thioether (sulfide) groups is 1. The van der Waals surface area contributed by atoms with E-state index in [0.29, 0.717) is 0 Å². The van der Waals surface area contributed by atoms with Crippen molar-refractivity contribution < 1.29 is 4.74 Å². The molecule has 0 saturated carbocycles. The molecule has 268 valence electrons. The van der Waals surface area contributed by atoms with E-state index in [-0.39, 0.29) is 14.9 Å². The molecule has 0 fully saturated rings. The minimum absolute atomic E-state index is 0. The molecule has 0 N–H and O–H groups in total. The Morgan fingerprint density at radius 3 is 0.841 bits per heavy atom. The van der Waals surface area contributed by atoms with E-state index in [0.717, 1.165) is 12.2 Å². The molecule has 0 amide bonds. The van der Waals surface area contributed by atoms with Crippen LogP contribution in [0.4, 0.5) is 0 Å². The first kappa shape index (κ1) is 73.4. The van der Waals surface area contributed by atoms with Gasteiger partial charge in [-0.1, -0.05) is 213 Å². The molecule has 0 heterocycles. The standard InChI is InChI=1S/C8H10.C7H8O.C7H8S.9C2H6.2CH4/c1-2-8-6-4-3-5-7-8;2*1-8-7-5-3-2-4-6-7;9*1-2;;/h3-7H,2H2,1H3;2*2-6H,1H3;9*1-2H3;2*1H4. The SMILES string of the molecule is C.C.CC.CC.CC.CC.CC.CC.CC.CC.CC.CCc1ccccc1.COc1ccccc1.CSc1ccccc1. The average molecular weight is 641 g/mol. The van der Waals surface area contributed by atoms with Crippen molar-refractivity contribution in [2.75, 3.05) is 13.4 Å². The van der Waals surface area contributed by atoms with Crippen LogP contribution in [0.25, 0.3) is 0 Å². The molecular formula is C42H88OS. The molecule has 0 atom stereocenters. The molecule has 0 aliphatic heterocycles. The highest BCUT2D eigenvalue weighted by molar-refractivity contribution is 7.98. The molecule has 0 saturated heterocycles. The van der Waals surface area contributed by atoms with Crippen molar-refractivity contribution in [1.82, 2.24) is 0 Å². The van der Waals surface area contributed by atoms with Crippen LogP contribution in [0.1, 0.15) is 152 Å². The van der Waals surface area contributed by atoms with Gasteiger partial charge in [-0.25, -0.2) is 0 Å². The number of hydrogen-bond donors (Lipinski definition) is 0. The maximum Gasteiger partial charge on any atom is 0.118 e. The number of aryl methyl sites for hydroxylation is 1. The number of methoxy groups -OCH3 is 1.